The number of amides is 1. The van der Waals surface area contributed by atoms with Gasteiger partial charge in [0.15, 0.2) is 10.6 Å². The maximum Gasteiger partial charge on any atom is 0.325 e. The summed E-state index contributed by atoms with van der Waals surface area (Å²) >= 11 is 5.26. The van der Waals surface area contributed by atoms with E-state index >= 15 is 0 Å². The van der Waals surface area contributed by atoms with Crippen LogP contribution in [-0.2, 0) is 20.9 Å². The van der Waals surface area contributed by atoms with Gasteiger partial charge >= 0.3 is 5.97 Å². The molecule has 0 atom stereocenters. The lowest BCUT2D eigenvalue weighted by atomic mass is 10.2. The second-order valence-corrected chi connectivity index (χ2v) is 6.77. The van der Waals surface area contributed by atoms with E-state index in [0.717, 1.165) is 24.2 Å². The largest absolute Gasteiger partial charge is 0.497 e. The molecule has 9 heteroatoms. The SMILES string of the molecule is COc1ccc(-c2n[nH]c(=S)n2CCC(=O)NCC(=O)OCC2CC2)cc1. The number of carbonyl (C=O) groups excluding carboxylic acids is 2. The fourth-order valence-corrected chi connectivity index (χ4v) is 2.73. The number of hydrogen-bond donors (Lipinski definition) is 2. The number of esters is 1. The van der Waals surface area contributed by atoms with Gasteiger partial charge in [0, 0.05) is 18.5 Å². The standard InChI is InChI=1S/C18H22N4O4S/c1-25-14-6-4-13(5-7-14)17-20-21-18(27)22(17)9-8-15(23)19-10-16(24)26-11-12-2-3-12/h4-7,12H,2-3,8-11H2,1H3,(H,19,23)(H,21,27). The van der Waals surface area contributed by atoms with Gasteiger partial charge in [0.2, 0.25) is 5.91 Å². The fourth-order valence-electron chi connectivity index (χ4n) is 2.50. The van der Waals surface area contributed by atoms with Gasteiger partial charge in [0.1, 0.15) is 12.3 Å². The molecule has 1 saturated carbocycles. The normalized spacial score (nSPS) is 13.2. The molecule has 2 N–H and O–H groups in total. The highest BCUT2D eigenvalue weighted by atomic mass is 32.1. The summed E-state index contributed by atoms with van der Waals surface area (Å²) in [7, 11) is 1.60. The van der Waals surface area contributed by atoms with E-state index in [0.29, 0.717) is 29.7 Å². The number of hydrogen-bond acceptors (Lipinski definition) is 6. The monoisotopic (exact) mass is 390 g/mol. The van der Waals surface area contributed by atoms with Gasteiger partial charge in [0.05, 0.1) is 13.7 Å². The zero-order valence-electron chi connectivity index (χ0n) is 15.1. The van der Waals surface area contributed by atoms with Crippen molar-refractivity contribution in [3.8, 4) is 17.1 Å². The maximum absolute atomic E-state index is 12.0. The van der Waals surface area contributed by atoms with Gasteiger partial charge in [-0.3, -0.25) is 19.3 Å². The van der Waals surface area contributed by atoms with Crippen LogP contribution in [0.25, 0.3) is 11.4 Å². The summed E-state index contributed by atoms with van der Waals surface area (Å²) < 4.78 is 12.4. The van der Waals surface area contributed by atoms with Crippen LogP contribution in [0.4, 0.5) is 0 Å². The van der Waals surface area contributed by atoms with Crippen LogP contribution in [0.1, 0.15) is 19.3 Å². The number of H-pyrrole nitrogens is 1. The number of nitrogens with zero attached hydrogens (tertiary/aromatic N) is 2. The minimum atomic E-state index is -0.408. The van der Waals surface area contributed by atoms with Gasteiger partial charge < -0.3 is 14.8 Å². The molecule has 1 aliphatic rings. The quantitative estimate of drug-likeness (QED) is 0.502. The minimum absolute atomic E-state index is 0.117. The van der Waals surface area contributed by atoms with Crippen molar-refractivity contribution in [3.63, 3.8) is 0 Å². The lowest BCUT2D eigenvalue weighted by Gasteiger charge is -2.08. The molecule has 1 aromatic carbocycles. The van der Waals surface area contributed by atoms with E-state index in [-0.39, 0.29) is 18.9 Å². The van der Waals surface area contributed by atoms with E-state index in [2.05, 4.69) is 15.5 Å². The van der Waals surface area contributed by atoms with E-state index in [1.165, 1.54) is 0 Å². The summed E-state index contributed by atoms with van der Waals surface area (Å²) in [6, 6.07) is 7.40. The predicted molar refractivity (Wildman–Crippen MR) is 101 cm³/mol. The third kappa shape index (κ3) is 5.40. The molecule has 0 spiro atoms. The van der Waals surface area contributed by atoms with Crippen molar-refractivity contribution >= 4 is 24.1 Å². The average Bonchev–Trinajstić information content (AvgIpc) is 3.45. The molecule has 144 valence electrons. The number of nitrogens with one attached hydrogen (secondary N) is 2. The van der Waals surface area contributed by atoms with Crippen LogP contribution in [-0.4, -0.2) is 46.9 Å². The third-order valence-electron chi connectivity index (χ3n) is 4.28. The molecule has 27 heavy (non-hydrogen) atoms. The number of rotatable bonds is 9. The van der Waals surface area contributed by atoms with Crippen LogP contribution in [0, 0.1) is 10.7 Å². The molecular formula is C18H22N4O4S. The molecule has 1 amide bonds. The first kappa shape index (κ1) is 19.1. The van der Waals surface area contributed by atoms with Crippen molar-refractivity contribution in [3.05, 3.63) is 29.0 Å². The topological polar surface area (TPSA) is 98.2 Å². The van der Waals surface area contributed by atoms with Crippen molar-refractivity contribution in [2.24, 2.45) is 5.92 Å². The van der Waals surface area contributed by atoms with E-state index in [1.54, 1.807) is 11.7 Å². The summed E-state index contributed by atoms with van der Waals surface area (Å²) in [5.74, 6) is 1.23. The molecule has 1 fully saturated rings. The van der Waals surface area contributed by atoms with Crippen molar-refractivity contribution in [1.82, 2.24) is 20.1 Å². The Morgan fingerprint density at radius 2 is 2.07 bits per heavy atom. The molecule has 0 radical (unpaired) electrons. The predicted octanol–water partition coefficient (Wildman–Crippen LogP) is 2.08. The Hall–Kier alpha value is -2.68. The van der Waals surface area contributed by atoms with Crippen molar-refractivity contribution in [2.45, 2.75) is 25.8 Å². The molecule has 0 unspecified atom stereocenters. The van der Waals surface area contributed by atoms with Crippen molar-refractivity contribution in [2.75, 3.05) is 20.3 Å². The number of aromatic amines is 1. The first-order valence-electron chi connectivity index (χ1n) is 8.78. The minimum Gasteiger partial charge on any atom is -0.497 e. The Balaban J connectivity index is 1.52. The molecule has 0 bridgehead atoms. The summed E-state index contributed by atoms with van der Waals surface area (Å²) in [6.07, 6.45) is 2.40. The number of benzene rings is 1. The Bertz CT molecular complexity index is 855. The summed E-state index contributed by atoms with van der Waals surface area (Å²) in [5.41, 5.74) is 0.854. The highest BCUT2D eigenvalue weighted by Gasteiger charge is 2.23. The molecule has 0 aliphatic heterocycles. The Morgan fingerprint density at radius 3 is 2.74 bits per heavy atom. The summed E-state index contributed by atoms with van der Waals surface area (Å²) in [6.45, 7) is 0.678. The van der Waals surface area contributed by atoms with Crippen LogP contribution in [0.5, 0.6) is 5.75 Å². The number of ether oxygens (including phenoxy) is 2. The van der Waals surface area contributed by atoms with Crippen LogP contribution < -0.4 is 10.1 Å². The van der Waals surface area contributed by atoms with E-state index in [4.69, 9.17) is 21.7 Å². The smallest absolute Gasteiger partial charge is 0.325 e. The summed E-state index contributed by atoms with van der Waals surface area (Å²) in [4.78, 5) is 23.6. The highest BCUT2D eigenvalue weighted by molar-refractivity contribution is 7.71. The van der Waals surface area contributed by atoms with E-state index in [9.17, 15) is 9.59 Å². The van der Waals surface area contributed by atoms with Crippen molar-refractivity contribution < 1.29 is 19.1 Å². The van der Waals surface area contributed by atoms with E-state index in [1.807, 2.05) is 24.3 Å². The molecule has 1 heterocycles. The molecule has 0 saturated heterocycles. The van der Waals surface area contributed by atoms with Crippen LogP contribution in [0.15, 0.2) is 24.3 Å². The van der Waals surface area contributed by atoms with Gasteiger partial charge in [-0.1, -0.05) is 0 Å². The Kier molecular flexibility index (Phi) is 6.23. The zero-order chi connectivity index (χ0) is 19.2. The fraction of sp³-hybridized carbons (Fsp3) is 0.444. The van der Waals surface area contributed by atoms with Gasteiger partial charge in [0.25, 0.3) is 0 Å². The van der Waals surface area contributed by atoms with Crippen LogP contribution in [0.2, 0.25) is 0 Å². The lowest BCUT2D eigenvalue weighted by molar-refractivity contribution is -0.144. The van der Waals surface area contributed by atoms with Gasteiger partial charge in [-0.15, -0.1) is 0 Å². The average molecular weight is 390 g/mol. The molecule has 1 aromatic heterocycles. The molecule has 8 nitrogen and oxygen atoms in total. The number of methoxy groups -OCH3 is 1. The van der Waals surface area contributed by atoms with Crippen molar-refractivity contribution in [1.29, 1.82) is 0 Å². The molecule has 2 aromatic rings. The third-order valence-corrected chi connectivity index (χ3v) is 4.59. The van der Waals surface area contributed by atoms with Crippen LogP contribution >= 0.6 is 12.2 Å². The van der Waals surface area contributed by atoms with Gasteiger partial charge in [-0.2, -0.15) is 5.10 Å². The van der Waals surface area contributed by atoms with Gasteiger partial charge in [-0.25, -0.2) is 0 Å². The number of aromatic nitrogens is 3. The lowest BCUT2D eigenvalue weighted by Crippen LogP contribution is -2.31. The first-order valence-corrected chi connectivity index (χ1v) is 9.19. The summed E-state index contributed by atoms with van der Waals surface area (Å²) in [5, 5.41) is 9.56. The Morgan fingerprint density at radius 1 is 1.33 bits per heavy atom. The first-order chi connectivity index (χ1) is 13.1. The molecule has 3 rings (SSSR count). The zero-order valence-corrected chi connectivity index (χ0v) is 15.9. The number of carbonyl (C=O) groups is 2. The van der Waals surface area contributed by atoms with E-state index < -0.39 is 5.97 Å². The maximum atomic E-state index is 12.0. The van der Waals surface area contributed by atoms with Crippen LogP contribution in [0.3, 0.4) is 0 Å². The second kappa shape index (κ2) is 8.81. The Labute approximate surface area is 161 Å². The second-order valence-electron chi connectivity index (χ2n) is 6.39. The molecular weight excluding hydrogens is 368 g/mol. The van der Waals surface area contributed by atoms with Gasteiger partial charge in [-0.05, 0) is 55.2 Å². The molecule has 1 aliphatic carbocycles. The highest BCUT2D eigenvalue weighted by Crippen LogP contribution is 2.28.